The summed E-state index contributed by atoms with van der Waals surface area (Å²) in [5, 5.41) is 9.98. The number of carbonyl (C=O) groups is 2. The predicted molar refractivity (Wildman–Crippen MR) is 69.4 cm³/mol. The van der Waals surface area contributed by atoms with Crippen molar-refractivity contribution in [2.45, 2.75) is 19.8 Å². The van der Waals surface area contributed by atoms with Crippen molar-refractivity contribution in [1.29, 1.82) is 0 Å². The number of carboxylic acid groups (broad SMARTS) is 1. The van der Waals surface area contributed by atoms with E-state index < -0.39 is 17.8 Å². The van der Waals surface area contributed by atoms with Crippen molar-refractivity contribution >= 4 is 35.0 Å². The molecule has 1 aromatic carbocycles. The average Bonchev–Trinajstić information content (AvgIpc) is 2.59. The second-order valence-electron chi connectivity index (χ2n) is 4.44. The number of Topliss-reactive ketones (excluding diaryl/α,β-unsaturated/α-hetero) is 1. The first kappa shape index (κ1) is 13.4. The minimum absolute atomic E-state index is 0.163. The fourth-order valence-corrected chi connectivity index (χ4v) is 3.07. The van der Waals surface area contributed by atoms with E-state index in [1.54, 1.807) is 19.1 Å². The molecule has 0 saturated heterocycles. The molecule has 0 spiro atoms. The highest BCUT2D eigenvalue weighted by atomic mass is 35.5. The van der Waals surface area contributed by atoms with Gasteiger partial charge in [0.15, 0.2) is 5.78 Å². The van der Waals surface area contributed by atoms with Crippen molar-refractivity contribution < 1.29 is 14.7 Å². The first-order valence-electron chi connectivity index (χ1n) is 5.70. The summed E-state index contributed by atoms with van der Waals surface area (Å²) in [4.78, 5) is 23.4. The van der Waals surface area contributed by atoms with E-state index in [0.29, 0.717) is 28.5 Å². The van der Waals surface area contributed by atoms with Crippen LogP contribution in [0, 0.1) is 11.8 Å². The highest BCUT2D eigenvalue weighted by Gasteiger charge is 2.39. The van der Waals surface area contributed by atoms with E-state index in [9.17, 15) is 9.59 Å². The number of fused-ring (bicyclic) bond motifs is 1. The number of rotatable bonds is 3. The minimum Gasteiger partial charge on any atom is -0.481 e. The molecule has 5 heteroatoms. The summed E-state index contributed by atoms with van der Waals surface area (Å²) < 4.78 is 0. The Hall–Kier alpha value is -1.06. The Bertz CT molecular complexity index is 525. The molecule has 0 aromatic heterocycles. The van der Waals surface area contributed by atoms with E-state index >= 15 is 0 Å². The van der Waals surface area contributed by atoms with Gasteiger partial charge in [-0.3, -0.25) is 9.59 Å². The van der Waals surface area contributed by atoms with Gasteiger partial charge in [0.1, 0.15) is 0 Å². The van der Waals surface area contributed by atoms with Crippen molar-refractivity contribution in [2.24, 2.45) is 11.8 Å². The van der Waals surface area contributed by atoms with Gasteiger partial charge in [-0.25, -0.2) is 0 Å². The standard InChI is InChI=1S/C13H12Cl2O3/c1-2-7(13(17)18)10-5-8-9(12(10)16)3-6(14)4-11(8)15/h3-4,7,10H,2,5H2,1H3,(H,17,18). The molecule has 1 aromatic rings. The van der Waals surface area contributed by atoms with Crippen molar-refractivity contribution in [2.75, 3.05) is 0 Å². The first-order chi connectivity index (χ1) is 8.45. The maximum atomic E-state index is 12.2. The lowest BCUT2D eigenvalue weighted by Gasteiger charge is -2.15. The Morgan fingerprint density at radius 2 is 2.17 bits per heavy atom. The molecule has 2 atom stereocenters. The van der Waals surface area contributed by atoms with Crippen molar-refractivity contribution in [1.82, 2.24) is 0 Å². The summed E-state index contributed by atoms with van der Waals surface area (Å²) in [6, 6.07) is 3.15. The second kappa shape index (κ2) is 4.90. The number of hydrogen-bond acceptors (Lipinski definition) is 2. The van der Waals surface area contributed by atoms with Gasteiger partial charge in [0.05, 0.1) is 5.92 Å². The molecule has 1 N–H and O–H groups in total. The van der Waals surface area contributed by atoms with Gasteiger partial charge in [-0.15, -0.1) is 0 Å². The summed E-state index contributed by atoms with van der Waals surface area (Å²) in [6.45, 7) is 1.77. The van der Waals surface area contributed by atoms with E-state index in [4.69, 9.17) is 28.3 Å². The molecule has 0 heterocycles. The number of carbonyl (C=O) groups excluding carboxylic acids is 1. The molecule has 0 fully saturated rings. The highest BCUT2D eigenvalue weighted by molar-refractivity contribution is 6.36. The Morgan fingerprint density at radius 1 is 1.50 bits per heavy atom. The molecule has 0 saturated carbocycles. The van der Waals surface area contributed by atoms with Gasteiger partial charge in [0.2, 0.25) is 0 Å². The normalized spacial score (nSPS) is 19.7. The van der Waals surface area contributed by atoms with E-state index in [0.717, 1.165) is 5.56 Å². The number of benzene rings is 1. The molecule has 0 aliphatic heterocycles. The molecule has 1 aliphatic carbocycles. The van der Waals surface area contributed by atoms with Crippen LogP contribution >= 0.6 is 23.2 Å². The molecule has 96 valence electrons. The topological polar surface area (TPSA) is 54.4 Å². The zero-order valence-corrected chi connectivity index (χ0v) is 11.3. The Morgan fingerprint density at radius 3 is 2.72 bits per heavy atom. The summed E-state index contributed by atoms with van der Waals surface area (Å²) in [5.74, 6) is -2.30. The lowest BCUT2D eigenvalue weighted by molar-refractivity contribution is -0.143. The molecule has 1 aliphatic rings. The van der Waals surface area contributed by atoms with Crippen molar-refractivity contribution in [3.63, 3.8) is 0 Å². The maximum absolute atomic E-state index is 12.2. The van der Waals surface area contributed by atoms with Crippen LogP contribution in [-0.4, -0.2) is 16.9 Å². The highest BCUT2D eigenvalue weighted by Crippen LogP contribution is 2.38. The summed E-state index contributed by atoms with van der Waals surface area (Å²) >= 11 is 11.9. The maximum Gasteiger partial charge on any atom is 0.307 e. The zero-order chi connectivity index (χ0) is 13.4. The number of hydrogen-bond donors (Lipinski definition) is 1. The van der Waals surface area contributed by atoms with Crippen LogP contribution in [0.25, 0.3) is 0 Å². The molecule has 0 amide bonds. The van der Waals surface area contributed by atoms with Crippen LogP contribution in [0.1, 0.15) is 29.3 Å². The quantitative estimate of drug-likeness (QED) is 0.926. The third-order valence-corrected chi connectivity index (χ3v) is 3.98. The molecular weight excluding hydrogens is 275 g/mol. The van der Waals surface area contributed by atoms with Crippen molar-refractivity contribution in [3.05, 3.63) is 33.3 Å². The predicted octanol–water partition coefficient (Wildman–Crippen LogP) is 3.46. The first-order valence-corrected chi connectivity index (χ1v) is 6.46. The summed E-state index contributed by atoms with van der Waals surface area (Å²) in [6.07, 6.45) is 0.806. The molecule has 18 heavy (non-hydrogen) atoms. The zero-order valence-electron chi connectivity index (χ0n) is 9.74. The van der Waals surface area contributed by atoms with Gasteiger partial charge in [0, 0.05) is 21.5 Å². The monoisotopic (exact) mass is 286 g/mol. The molecule has 2 rings (SSSR count). The van der Waals surface area contributed by atoms with Crippen LogP contribution in [0.2, 0.25) is 10.0 Å². The third-order valence-electron chi connectivity index (χ3n) is 3.43. The smallest absolute Gasteiger partial charge is 0.307 e. The van der Waals surface area contributed by atoms with Crippen LogP contribution in [-0.2, 0) is 11.2 Å². The Labute approximate surface area is 115 Å². The van der Waals surface area contributed by atoms with Gasteiger partial charge in [-0.2, -0.15) is 0 Å². The largest absolute Gasteiger partial charge is 0.481 e. The van der Waals surface area contributed by atoms with Gasteiger partial charge < -0.3 is 5.11 Å². The third kappa shape index (κ3) is 2.13. The van der Waals surface area contributed by atoms with Crippen LogP contribution in [0.15, 0.2) is 12.1 Å². The lowest BCUT2D eigenvalue weighted by atomic mass is 9.87. The second-order valence-corrected chi connectivity index (χ2v) is 5.29. The molecular formula is C13H12Cl2O3. The molecule has 2 unspecified atom stereocenters. The average molecular weight is 287 g/mol. The van der Waals surface area contributed by atoms with Gasteiger partial charge >= 0.3 is 5.97 Å². The molecule has 0 radical (unpaired) electrons. The van der Waals surface area contributed by atoms with Gasteiger partial charge in [-0.1, -0.05) is 30.1 Å². The number of halogens is 2. The fourth-order valence-electron chi connectivity index (χ4n) is 2.50. The Kier molecular flexibility index (Phi) is 3.64. The Balaban J connectivity index is 2.41. The van der Waals surface area contributed by atoms with Gasteiger partial charge in [-0.05, 0) is 30.5 Å². The number of carboxylic acids is 1. The number of aliphatic carboxylic acids is 1. The fraction of sp³-hybridized carbons (Fsp3) is 0.385. The SMILES string of the molecule is CCC(C(=O)O)C1Cc2c(Cl)cc(Cl)cc2C1=O. The van der Waals surface area contributed by atoms with E-state index in [1.165, 1.54) is 0 Å². The van der Waals surface area contributed by atoms with E-state index in [1.807, 2.05) is 0 Å². The van der Waals surface area contributed by atoms with E-state index in [2.05, 4.69) is 0 Å². The molecule has 0 bridgehead atoms. The minimum atomic E-state index is -0.939. The van der Waals surface area contributed by atoms with E-state index in [-0.39, 0.29) is 5.78 Å². The lowest BCUT2D eigenvalue weighted by Crippen LogP contribution is -2.27. The van der Waals surface area contributed by atoms with Crippen LogP contribution in [0.4, 0.5) is 0 Å². The van der Waals surface area contributed by atoms with Crippen LogP contribution in [0.5, 0.6) is 0 Å². The number of ketones is 1. The van der Waals surface area contributed by atoms with Crippen molar-refractivity contribution in [3.8, 4) is 0 Å². The molecule has 3 nitrogen and oxygen atoms in total. The summed E-state index contributed by atoms with van der Waals surface area (Å²) in [5.41, 5.74) is 1.19. The van der Waals surface area contributed by atoms with Gasteiger partial charge in [0.25, 0.3) is 0 Å². The summed E-state index contributed by atoms with van der Waals surface area (Å²) in [7, 11) is 0. The van der Waals surface area contributed by atoms with Crippen LogP contribution in [0.3, 0.4) is 0 Å². The van der Waals surface area contributed by atoms with Crippen LogP contribution < -0.4 is 0 Å².